The lowest BCUT2D eigenvalue weighted by Gasteiger charge is -2.09. The van der Waals surface area contributed by atoms with Gasteiger partial charge in [-0.1, -0.05) is 44.7 Å². The van der Waals surface area contributed by atoms with Gasteiger partial charge in [0.05, 0.1) is 0 Å². The number of rotatable bonds is 3. The van der Waals surface area contributed by atoms with Gasteiger partial charge in [-0.05, 0) is 6.92 Å². The third-order valence-electron chi connectivity index (χ3n) is 1.30. The lowest BCUT2D eigenvalue weighted by atomic mass is 10.2. The van der Waals surface area contributed by atoms with Crippen LogP contribution in [0.4, 0.5) is 0 Å². The molecule has 0 aliphatic rings. The van der Waals surface area contributed by atoms with Gasteiger partial charge in [-0.3, -0.25) is 4.79 Å². The Balaban J connectivity index is 0. The Morgan fingerprint density at radius 1 is 1.29 bits per heavy atom. The Bertz CT molecular complexity index is 224. The van der Waals surface area contributed by atoms with Crippen LogP contribution in [0.25, 0.3) is 0 Å². The zero-order valence-electron chi connectivity index (χ0n) is 9.87. The number of hydrogen-bond donors (Lipinski definition) is 0. The van der Waals surface area contributed by atoms with E-state index in [2.05, 4.69) is 6.58 Å². The molecular weight excluding hydrogens is 174 g/mol. The van der Waals surface area contributed by atoms with Crippen molar-refractivity contribution in [3.63, 3.8) is 0 Å². The maximum Gasteiger partial charge on any atom is 0.253 e. The highest BCUT2D eigenvalue weighted by atomic mass is 16.2. The van der Waals surface area contributed by atoms with Gasteiger partial charge in [0.25, 0.3) is 5.91 Å². The number of allylic oxidation sites excluding steroid dienone is 3. The van der Waals surface area contributed by atoms with Crippen molar-refractivity contribution in [2.75, 3.05) is 14.1 Å². The van der Waals surface area contributed by atoms with E-state index in [1.165, 1.54) is 4.90 Å². The number of nitrogens with zero attached hydrogens (tertiary/aromatic N) is 1. The van der Waals surface area contributed by atoms with Gasteiger partial charge in [0.1, 0.15) is 0 Å². The van der Waals surface area contributed by atoms with Crippen molar-refractivity contribution < 1.29 is 4.79 Å². The molecule has 0 aliphatic carbocycles. The third kappa shape index (κ3) is 6.23. The summed E-state index contributed by atoms with van der Waals surface area (Å²) in [6, 6.07) is 0. The summed E-state index contributed by atoms with van der Waals surface area (Å²) in [6.07, 6.45) is 6.90. The predicted molar refractivity (Wildman–Crippen MR) is 63.1 cm³/mol. The van der Waals surface area contributed by atoms with Crippen LogP contribution in [0.15, 0.2) is 36.5 Å². The largest absolute Gasteiger partial charge is 0.345 e. The molecule has 0 N–H and O–H groups in total. The topological polar surface area (TPSA) is 20.3 Å². The molecule has 0 spiro atoms. The second kappa shape index (κ2) is 9.78. The van der Waals surface area contributed by atoms with Crippen molar-refractivity contribution in [1.82, 2.24) is 4.90 Å². The molecule has 0 saturated carbocycles. The summed E-state index contributed by atoms with van der Waals surface area (Å²) in [5, 5.41) is 0. The Kier molecular flexibility index (Phi) is 10.6. The molecule has 2 heteroatoms. The van der Waals surface area contributed by atoms with Crippen LogP contribution in [0, 0.1) is 0 Å². The molecule has 1 amide bonds. The number of hydrogen-bond acceptors (Lipinski definition) is 1. The molecule has 0 aromatic carbocycles. The number of carbonyl (C=O) groups is 1. The van der Waals surface area contributed by atoms with E-state index in [-0.39, 0.29) is 5.91 Å². The highest BCUT2D eigenvalue weighted by Gasteiger charge is 2.06. The minimum absolute atomic E-state index is 0.00648. The summed E-state index contributed by atoms with van der Waals surface area (Å²) >= 11 is 0. The summed E-state index contributed by atoms with van der Waals surface area (Å²) in [6.45, 7) is 9.42. The van der Waals surface area contributed by atoms with E-state index >= 15 is 0 Å². The molecule has 0 fully saturated rings. The first kappa shape index (κ1) is 15.2. The Morgan fingerprint density at radius 3 is 2.07 bits per heavy atom. The highest BCUT2D eigenvalue weighted by molar-refractivity contribution is 5.96. The van der Waals surface area contributed by atoms with Gasteiger partial charge in [-0.15, -0.1) is 0 Å². The molecular formula is C12H21NO. The van der Waals surface area contributed by atoms with Crippen LogP contribution >= 0.6 is 0 Å². The maximum atomic E-state index is 11.4. The van der Waals surface area contributed by atoms with Crippen LogP contribution < -0.4 is 0 Å². The first-order valence-electron chi connectivity index (χ1n) is 4.80. The molecule has 14 heavy (non-hydrogen) atoms. The van der Waals surface area contributed by atoms with Crippen LogP contribution in [-0.2, 0) is 4.79 Å². The van der Waals surface area contributed by atoms with Gasteiger partial charge in [0.15, 0.2) is 0 Å². The SMILES string of the molecule is C=C/C=C(\C=C/C)C(=O)N(C)C.CC. The van der Waals surface area contributed by atoms with E-state index in [1.807, 2.05) is 26.8 Å². The normalized spacial score (nSPS) is 10.5. The highest BCUT2D eigenvalue weighted by Crippen LogP contribution is 2.01. The summed E-state index contributed by atoms with van der Waals surface area (Å²) in [5.41, 5.74) is 0.650. The quantitative estimate of drug-likeness (QED) is 0.501. The van der Waals surface area contributed by atoms with E-state index < -0.39 is 0 Å². The Morgan fingerprint density at radius 2 is 1.79 bits per heavy atom. The fraction of sp³-hybridized carbons (Fsp3) is 0.417. The minimum Gasteiger partial charge on any atom is -0.345 e. The molecule has 0 radical (unpaired) electrons. The number of likely N-dealkylation sites (N-methyl/N-ethyl adjacent to an activating group) is 1. The predicted octanol–water partition coefficient (Wildman–Crippen LogP) is 2.79. The van der Waals surface area contributed by atoms with Gasteiger partial charge in [-0.25, -0.2) is 0 Å². The van der Waals surface area contributed by atoms with Crippen molar-refractivity contribution in [3.8, 4) is 0 Å². The van der Waals surface area contributed by atoms with Gasteiger partial charge < -0.3 is 4.90 Å². The molecule has 0 saturated heterocycles. The molecule has 0 rings (SSSR count). The molecule has 0 atom stereocenters. The maximum absolute atomic E-state index is 11.4. The molecule has 0 aromatic heterocycles. The van der Waals surface area contributed by atoms with Gasteiger partial charge in [0, 0.05) is 19.7 Å². The molecule has 0 unspecified atom stereocenters. The zero-order chi connectivity index (χ0) is 11.6. The first-order chi connectivity index (χ1) is 6.63. The Labute approximate surface area is 87.6 Å². The average Bonchev–Trinajstić information content (AvgIpc) is 2.19. The van der Waals surface area contributed by atoms with E-state index in [9.17, 15) is 4.79 Å². The molecule has 2 nitrogen and oxygen atoms in total. The lowest BCUT2D eigenvalue weighted by Crippen LogP contribution is -2.22. The van der Waals surface area contributed by atoms with Crippen LogP contribution in [0.5, 0.6) is 0 Å². The fourth-order valence-electron chi connectivity index (χ4n) is 0.763. The van der Waals surface area contributed by atoms with E-state index in [1.54, 1.807) is 32.3 Å². The molecule has 0 aliphatic heterocycles. The van der Waals surface area contributed by atoms with Crippen molar-refractivity contribution in [3.05, 3.63) is 36.5 Å². The minimum atomic E-state index is -0.00648. The number of amides is 1. The molecule has 0 bridgehead atoms. The van der Waals surface area contributed by atoms with E-state index in [4.69, 9.17) is 0 Å². The van der Waals surface area contributed by atoms with Gasteiger partial charge >= 0.3 is 0 Å². The average molecular weight is 195 g/mol. The molecule has 0 aromatic rings. The number of carbonyl (C=O) groups excluding carboxylic acids is 1. The van der Waals surface area contributed by atoms with Crippen LogP contribution in [0.3, 0.4) is 0 Å². The first-order valence-corrected chi connectivity index (χ1v) is 4.80. The monoisotopic (exact) mass is 195 g/mol. The van der Waals surface area contributed by atoms with Crippen molar-refractivity contribution in [1.29, 1.82) is 0 Å². The summed E-state index contributed by atoms with van der Waals surface area (Å²) in [7, 11) is 3.45. The van der Waals surface area contributed by atoms with Gasteiger partial charge in [-0.2, -0.15) is 0 Å². The van der Waals surface area contributed by atoms with Crippen LogP contribution in [0.1, 0.15) is 20.8 Å². The Hall–Kier alpha value is -1.31. The van der Waals surface area contributed by atoms with Crippen LogP contribution in [0.2, 0.25) is 0 Å². The van der Waals surface area contributed by atoms with Crippen molar-refractivity contribution >= 4 is 5.91 Å². The zero-order valence-corrected chi connectivity index (χ0v) is 9.87. The summed E-state index contributed by atoms with van der Waals surface area (Å²) in [4.78, 5) is 12.9. The summed E-state index contributed by atoms with van der Waals surface area (Å²) < 4.78 is 0. The third-order valence-corrected chi connectivity index (χ3v) is 1.30. The second-order valence-electron chi connectivity index (χ2n) is 2.56. The van der Waals surface area contributed by atoms with E-state index in [0.29, 0.717) is 5.57 Å². The van der Waals surface area contributed by atoms with Crippen LogP contribution in [-0.4, -0.2) is 24.9 Å². The summed E-state index contributed by atoms with van der Waals surface area (Å²) in [5.74, 6) is -0.00648. The smallest absolute Gasteiger partial charge is 0.253 e. The van der Waals surface area contributed by atoms with E-state index in [0.717, 1.165) is 0 Å². The fourth-order valence-corrected chi connectivity index (χ4v) is 0.763. The second-order valence-corrected chi connectivity index (χ2v) is 2.56. The lowest BCUT2D eigenvalue weighted by molar-refractivity contribution is -0.124. The van der Waals surface area contributed by atoms with Gasteiger partial charge in [0.2, 0.25) is 0 Å². The molecule has 0 heterocycles. The molecule has 80 valence electrons. The van der Waals surface area contributed by atoms with Crippen molar-refractivity contribution in [2.24, 2.45) is 0 Å². The standard InChI is InChI=1S/C10H15NO.C2H6/c1-5-7-9(8-6-2)10(12)11(3)4;1-2/h5-8H,1H2,2-4H3;1-2H3/b8-6-,9-7+;. The van der Waals surface area contributed by atoms with Crippen molar-refractivity contribution in [2.45, 2.75) is 20.8 Å².